The molecule has 0 radical (unpaired) electrons. The Hall–Kier alpha value is -1.35. The number of benzene rings is 2. The van der Waals surface area contributed by atoms with Crippen LogP contribution in [0.3, 0.4) is 0 Å². The van der Waals surface area contributed by atoms with Gasteiger partial charge in [0, 0.05) is 17.5 Å². The van der Waals surface area contributed by atoms with Crippen molar-refractivity contribution in [1.29, 1.82) is 0 Å². The summed E-state index contributed by atoms with van der Waals surface area (Å²) >= 11 is 6.04. The predicted molar refractivity (Wildman–Crippen MR) is 84.1 cm³/mol. The minimum Gasteiger partial charge on any atom is -0.388 e. The van der Waals surface area contributed by atoms with E-state index >= 15 is 0 Å². The fraction of sp³-hybridized carbons (Fsp3) is 0.294. The standard InChI is InChI=1S/C17H20ClNO/c1-11-5-3-6-12(2)16(11)17(20)15(10-19)13-7-4-8-14(18)9-13/h3-9,15,17,20H,10,19H2,1-2H3. The summed E-state index contributed by atoms with van der Waals surface area (Å²) in [6, 6.07) is 13.6. The maximum Gasteiger partial charge on any atom is 0.0875 e. The Bertz CT molecular complexity index is 577. The lowest BCUT2D eigenvalue weighted by molar-refractivity contribution is 0.146. The highest BCUT2D eigenvalue weighted by Gasteiger charge is 2.24. The Morgan fingerprint density at radius 3 is 2.25 bits per heavy atom. The van der Waals surface area contributed by atoms with E-state index in [1.165, 1.54) is 0 Å². The largest absolute Gasteiger partial charge is 0.388 e. The maximum absolute atomic E-state index is 10.8. The molecular formula is C17H20ClNO. The van der Waals surface area contributed by atoms with Gasteiger partial charge < -0.3 is 10.8 Å². The van der Waals surface area contributed by atoms with Crippen LogP contribution in [-0.4, -0.2) is 11.7 Å². The first kappa shape index (κ1) is 15.0. The summed E-state index contributed by atoms with van der Waals surface area (Å²) in [5.74, 6) is -0.159. The number of hydrogen-bond donors (Lipinski definition) is 2. The molecule has 0 bridgehead atoms. The van der Waals surface area contributed by atoms with E-state index in [2.05, 4.69) is 0 Å². The molecule has 0 saturated heterocycles. The zero-order valence-electron chi connectivity index (χ0n) is 11.8. The highest BCUT2D eigenvalue weighted by molar-refractivity contribution is 6.30. The number of aryl methyl sites for hydroxylation is 2. The Morgan fingerprint density at radius 2 is 1.70 bits per heavy atom. The molecule has 2 aromatic carbocycles. The van der Waals surface area contributed by atoms with Gasteiger partial charge in [-0.1, -0.05) is 41.9 Å². The van der Waals surface area contributed by atoms with Gasteiger partial charge in [-0.25, -0.2) is 0 Å². The Labute approximate surface area is 125 Å². The molecule has 0 heterocycles. The van der Waals surface area contributed by atoms with E-state index in [1.807, 2.05) is 56.3 Å². The number of halogens is 1. The second-order valence-corrected chi connectivity index (χ2v) is 5.58. The van der Waals surface area contributed by atoms with Crippen molar-refractivity contribution in [3.63, 3.8) is 0 Å². The van der Waals surface area contributed by atoms with E-state index in [0.717, 1.165) is 22.3 Å². The van der Waals surface area contributed by atoms with Crippen LogP contribution in [0.15, 0.2) is 42.5 Å². The zero-order chi connectivity index (χ0) is 14.7. The van der Waals surface area contributed by atoms with Crippen LogP contribution in [0.2, 0.25) is 5.02 Å². The first-order valence-electron chi connectivity index (χ1n) is 6.74. The molecule has 2 aromatic rings. The molecule has 2 rings (SSSR count). The van der Waals surface area contributed by atoms with E-state index in [-0.39, 0.29) is 5.92 Å². The fourth-order valence-corrected chi connectivity index (χ4v) is 2.88. The molecule has 0 aliphatic heterocycles. The van der Waals surface area contributed by atoms with Gasteiger partial charge in [0.25, 0.3) is 0 Å². The molecule has 106 valence electrons. The molecule has 2 unspecified atom stereocenters. The molecule has 0 aliphatic rings. The van der Waals surface area contributed by atoms with Crippen LogP contribution >= 0.6 is 11.6 Å². The number of nitrogens with two attached hydrogens (primary N) is 1. The van der Waals surface area contributed by atoms with Gasteiger partial charge in [-0.3, -0.25) is 0 Å². The highest BCUT2D eigenvalue weighted by Crippen LogP contribution is 2.34. The van der Waals surface area contributed by atoms with Gasteiger partial charge in [0.05, 0.1) is 6.10 Å². The average Bonchev–Trinajstić information content (AvgIpc) is 2.39. The Balaban J connectivity index is 2.41. The van der Waals surface area contributed by atoms with E-state index in [9.17, 15) is 5.11 Å². The third-order valence-electron chi connectivity index (χ3n) is 3.75. The third kappa shape index (κ3) is 3.04. The molecule has 2 nitrogen and oxygen atoms in total. The quantitative estimate of drug-likeness (QED) is 0.901. The smallest absolute Gasteiger partial charge is 0.0875 e. The SMILES string of the molecule is Cc1cccc(C)c1C(O)C(CN)c1cccc(Cl)c1. The molecule has 0 saturated carbocycles. The van der Waals surface area contributed by atoms with Crippen LogP contribution < -0.4 is 5.73 Å². The summed E-state index contributed by atoms with van der Waals surface area (Å²) in [6.07, 6.45) is -0.625. The van der Waals surface area contributed by atoms with Crippen molar-refractivity contribution in [3.05, 3.63) is 69.7 Å². The Morgan fingerprint density at radius 1 is 1.10 bits per heavy atom. The third-order valence-corrected chi connectivity index (χ3v) is 3.98. The van der Waals surface area contributed by atoms with E-state index in [1.54, 1.807) is 0 Å². The molecule has 0 aromatic heterocycles. The molecule has 20 heavy (non-hydrogen) atoms. The summed E-state index contributed by atoms with van der Waals surface area (Å²) in [5.41, 5.74) is 9.98. The van der Waals surface area contributed by atoms with Gasteiger partial charge in [-0.15, -0.1) is 0 Å². The second-order valence-electron chi connectivity index (χ2n) is 5.15. The summed E-state index contributed by atoms with van der Waals surface area (Å²) in [6.45, 7) is 4.39. The lowest BCUT2D eigenvalue weighted by Crippen LogP contribution is -2.21. The summed E-state index contributed by atoms with van der Waals surface area (Å²) in [5, 5.41) is 11.4. The highest BCUT2D eigenvalue weighted by atomic mass is 35.5. The molecule has 0 fully saturated rings. The maximum atomic E-state index is 10.8. The number of aliphatic hydroxyl groups is 1. The molecule has 3 heteroatoms. The van der Waals surface area contributed by atoms with Crippen molar-refractivity contribution in [2.24, 2.45) is 5.73 Å². The first-order chi connectivity index (χ1) is 9.54. The van der Waals surface area contributed by atoms with Crippen molar-refractivity contribution < 1.29 is 5.11 Å². The minimum absolute atomic E-state index is 0.159. The van der Waals surface area contributed by atoms with Crippen LogP contribution in [-0.2, 0) is 0 Å². The first-order valence-corrected chi connectivity index (χ1v) is 7.12. The average molecular weight is 290 g/mol. The number of rotatable bonds is 4. The topological polar surface area (TPSA) is 46.2 Å². The van der Waals surface area contributed by atoms with Crippen LogP contribution in [0.1, 0.15) is 34.3 Å². The monoisotopic (exact) mass is 289 g/mol. The van der Waals surface area contributed by atoms with Gasteiger partial charge in [-0.2, -0.15) is 0 Å². The normalized spacial score (nSPS) is 14.1. The molecule has 0 aliphatic carbocycles. The van der Waals surface area contributed by atoms with Gasteiger partial charge in [-0.05, 0) is 48.2 Å². The molecular weight excluding hydrogens is 270 g/mol. The molecule has 3 N–H and O–H groups in total. The number of aliphatic hydroxyl groups excluding tert-OH is 1. The lowest BCUT2D eigenvalue weighted by atomic mass is 9.85. The van der Waals surface area contributed by atoms with E-state index in [4.69, 9.17) is 17.3 Å². The van der Waals surface area contributed by atoms with Crippen LogP contribution in [0.4, 0.5) is 0 Å². The van der Waals surface area contributed by atoms with Gasteiger partial charge in [0.2, 0.25) is 0 Å². The Kier molecular flexibility index (Phi) is 4.81. The van der Waals surface area contributed by atoms with Crippen molar-refractivity contribution in [1.82, 2.24) is 0 Å². The van der Waals surface area contributed by atoms with Crippen LogP contribution in [0.25, 0.3) is 0 Å². The van der Waals surface area contributed by atoms with Gasteiger partial charge in [0.15, 0.2) is 0 Å². The van der Waals surface area contributed by atoms with Crippen LogP contribution in [0, 0.1) is 13.8 Å². The predicted octanol–water partition coefficient (Wildman–Crippen LogP) is 3.73. The van der Waals surface area contributed by atoms with Crippen LogP contribution in [0.5, 0.6) is 0 Å². The summed E-state index contributed by atoms with van der Waals surface area (Å²) in [4.78, 5) is 0. The van der Waals surface area contributed by atoms with Gasteiger partial charge >= 0.3 is 0 Å². The van der Waals surface area contributed by atoms with Gasteiger partial charge in [0.1, 0.15) is 0 Å². The summed E-state index contributed by atoms with van der Waals surface area (Å²) in [7, 11) is 0. The molecule has 0 amide bonds. The summed E-state index contributed by atoms with van der Waals surface area (Å²) < 4.78 is 0. The second kappa shape index (κ2) is 6.40. The molecule has 0 spiro atoms. The van der Waals surface area contributed by atoms with E-state index in [0.29, 0.717) is 11.6 Å². The zero-order valence-corrected chi connectivity index (χ0v) is 12.6. The fourth-order valence-electron chi connectivity index (χ4n) is 2.68. The number of hydrogen-bond acceptors (Lipinski definition) is 2. The van der Waals surface area contributed by atoms with Crippen molar-refractivity contribution in [3.8, 4) is 0 Å². The lowest BCUT2D eigenvalue weighted by Gasteiger charge is -2.25. The van der Waals surface area contributed by atoms with Crippen molar-refractivity contribution >= 4 is 11.6 Å². The molecule has 2 atom stereocenters. The van der Waals surface area contributed by atoms with E-state index < -0.39 is 6.10 Å². The van der Waals surface area contributed by atoms with Crippen molar-refractivity contribution in [2.45, 2.75) is 25.9 Å². The minimum atomic E-state index is -0.625. The van der Waals surface area contributed by atoms with Crippen molar-refractivity contribution in [2.75, 3.05) is 6.54 Å².